The second kappa shape index (κ2) is 23.4. The number of aliphatic hydroxyl groups is 7. The molecule has 2 saturated carbocycles. The van der Waals surface area contributed by atoms with Gasteiger partial charge in [0, 0.05) is 110 Å². The van der Waals surface area contributed by atoms with Gasteiger partial charge < -0.3 is 69.3 Å². The number of aldehydes is 1. The molecule has 4 aliphatic carbocycles. The number of likely N-dealkylation sites (tertiary alicyclic amines) is 1. The normalized spacial score (nSPS) is 29.9. The van der Waals surface area contributed by atoms with Gasteiger partial charge in [0.05, 0.1) is 49.2 Å². The molecular formula is C67H80N2O15. The number of aromatic nitrogens is 1. The first-order chi connectivity index (χ1) is 40.8. The van der Waals surface area contributed by atoms with E-state index in [2.05, 4.69) is 22.0 Å². The number of nitrogens with one attached hydrogen (secondary N) is 1. The summed E-state index contributed by atoms with van der Waals surface area (Å²) in [6.07, 6.45) is 12.7. The van der Waals surface area contributed by atoms with Gasteiger partial charge in [0.2, 0.25) is 5.76 Å². The zero-order chi connectivity index (χ0) is 58.7. The van der Waals surface area contributed by atoms with Gasteiger partial charge in [-0.15, -0.1) is 0 Å². The van der Waals surface area contributed by atoms with Crippen LogP contribution >= 0.6 is 0 Å². The number of hydrogen-bond donors (Lipinski definition) is 8. The molecule has 0 radical (unpaired) electrons. The number of Topliss-reactive ketones (excluding diaryl/α,β-unsaturated/α-hetero) is 1. The van der Waals surface area contributed by atoms with Crippen molar-refractivity contribution >= 4 is 34.5 Å². The number of aliphatic hydroxyl groups excluding tert-OH is 6. The second-order valence-corrected chi connectivity index (χ2v) is 24.9. The molecule has 3 aromatic carbocycles. The lowest BCUT2D eigenvalue weighted by molar-refractivity contribution is -0.283. The van der Waals surface area contributed by atoms with E-state index in [1.54, 1.807) is 14.0 Å². The number of esters is 1. The number of allylic oxidation sites excluding steroid dienone is 4. The maximum atomic E-state index is 15.2. The molecule has 4 aromatic rings. The highest BCUT2D eigenvalue weighted by Crippen LogP contribution is 2.74. The third-order valence-corrected chi connectivity index (χ3v) is 20.8. The molecule has 4 aliphatic heterocycles. The smallest absolute Gasteiger partial charge is 0.375 e. The van der Waals surface area contributed by atoms with Crippen LogP contribution in [0.4, 0.5) is 0 Å². The first-order valence-electron chi connectivity index (χ1n) is 30.4. The van der Waals surface area contributed by atoms with Crippen molar-refractivity contribution in [2.75, 3.05) is 73.0 Å². The number of carbonyl (C=O) groups is 3. The van der Waals surface area contributed by atoms with Gasteiger partial charge >= 0.3 is 5.97 Å². The van der Waals surface area contributed by atoms with Gasteiger partial charge in [0.15, 0.2) is 11.9 Å². The monoisotopic (exact) mass is 1150 g/mol. The van der Waals surface area contributed by atoms with Crippen molar-refractivity contribution in [1.82, 2.24) is 9.88 Å². The Bertz CT molecular complexity index is 3360. The number of hydrogen-bond acceptors (Lipinski definition) is 16. The Balaban J connectivity index is 1.08. The summed E-state index contributed by atoms with van der Waals surface area (Å²) >= 11 is 0. The number of aryl methyl sites for hydroxylation is 2. The van der Waals surface area contributed by atoms with E-state index >= 15 is 5.11 Å². The van der Waals surface area contributed by atoms with Crippen LogP contribution in [0.2, 0.25) is 0 Å². The number of rotatable bonds is 18. The highest BCUT2D eigenvalue weighted by Gasteiger charge is 2.79. The van der Waals surface area contributed by atoms with Crippen LogP contribution in [-0.4, -0.2) is 154 Å². The molecule has 17 nitrogen and oxygen atoms in total. The highest BCUT2D eigenvalue weighted by atomic mass is 16.6. The molecule has 8 aliphatic rings. The first-order valence-corrected chi connectivity index (χ1v) is 30.4. The number of fused-ring (bicyclic) bond motifs is 7. The largest absolute Gasteiger partial charge is 0.492 e. The SMILES string of the molecule is CCOC(=O)C1=C(C=O)C2=C3CC(CO)C(=O)C(C3)c3cc4cc[nH]c4cc3CCC(CO)COc3c4c(c(CO)c(c32)O1)OC1(C=CC2(CCO)CCC35CCN(CCCOC)CC3C=C(C(O)CCc3ccccc3CCO)C2C15O)C4. The minimum absolute atomic E-state index is 0.00836. The number of aromatic amines is 1. The van der Waals surface area contributed by atoms with E-state index in [-0.39, 0.29) is 104 Å². The predicted octanol–water partition coefficient (Wildman–Crippen LogP) is 6.08. The Hall–Kier alpha value is -5.99. The Labute approximate surface area is 489 Å². The maximum Gasteiger partial charge on any atom is 0.375 e. The van der Waals surface area contributed by atoms with Crippen molar-refractivity contribution < 1.29 is 73.8 Å². The minimum atomic E-state index is -1.81. The molecule has 5 heterocycles. The third-order valence-electron chi connectivity index (χ3n) is 20.8. The van der Waals surface area contributed by atoms with Gasteiger partial charge in [-0.05, 0) is 154 Å². The fourth-order valence-electron chi connectivity index (χ4n) is 16.8. The van der Waals surface area contributed by atoms with Crippen molar-refractivity contribution in [3.8, 4) is 17.2 Å². The molecule has 2 spiro atoms. The molecule has 0 amide bonds. The van der Waals surface area contributed by atoms with Crippen molar-refractivity contribution in [2.45, 2.75) is 120 Å². The Morgan fingerprint density at radius 1 is 0.976 bits per heavy atom. The Morgan fingerprint density at radius 3 is 2.54 bits per heavy atom. The van der Waals surface area contributed by atoms with Gasteiger partial charge in [0.25, 0.3) is 0 Å². The van der Waals surface area contributed by atoms with Crippen LogP contribution in [-0.2, 0) is 56.1 Å². The predicted molar refractivity (Wildman–Crippen MR) is 311 cm³/mol. The summed E-state index contributed by atoms with van der Waals surface area (Å²) in [5.41, 5.74) is 1.48. The number of H-pyrrole nitrogens is 1. The molecule has 6 bridgehead atoms. The summed E-state index contributed by atoms with van der Waals surface area (Å²) in [5, 5.41) is 84.5. The summed E-state index contributed by atoms with van der Waals surface area (Å²) in [4.78, 5) is 48.9. The fraction of sp³-hybridized carbons (Fsp3) is 0.537. The zero-order valence-electron chi connectivity index (χ0n) is 48.2. The molecule has 3 fully saturated rings. The number of methoxy groups -OCH3 is 1. The topological polar surface area (TPSA) is 258 Å². The standard InChI is InChI=1S/C67H80N2O15/c1-3-81-63(78)61-51(36-74)55-44-27-45(35-73)57(77)48(29-44)47-28-43-13-21-68-53(43)30-42(47)10-9-39(34-72)38-82-59-50-32-66(84-58(50)52(37-75)60(83-61)56(55)59)18-16-64(20-25-71)15-17-65-19-23-69(22-6-26-80-2)33-46(65)31-49(62(64)67(65,66)79)54(76)12-11-40-7-4-5-8-41(40)14-24-70/h4-5,7-8,13,16,18,21,28,30-31,36,39,45-46,48,54,62,68,70-73,75-76,79H,3,6,9-12,14-15,17,19-20,22-27,29,32-35,37-38H2,1-2H3. The van der Waals surface area contributed by atoms with Crippen LogP contribution in [0.5, 0.6) is 17.2 Å². The third kappa shape index (κ3) is 9.25. The Kier molecular flexibility index (Phi) is 16.2. The average molecular weight is 1150 g/mol. The van der Waals surface area contributed by atoms with E-state index < -0.39 is 76.7 Å². The zero-order valence-corrected chi connectivity index (χ0v) is 48.2. The molecule has 12 rings (SSSR count). The van der Waals surface area contributed by atoms with Gasteiger partial charge in [-0.1, -0.05) is 42.0 Å². The van der Waals surface area contributed by atoms with E-state index in [0.29, 0.717) is 100 Å². The van der Waals surface area contributed by atoms with Crippen LogP contribution in [0.3, 0.4) is 0 Å². The fourth-order valence-corrected chi connectivity index (χ4v) is 16.8. The summed E-state index contributed by atoms with van der Waals surface area (Å²) in [7, 11) is 1.69. The van der Waals surface area contributed by atoms with E-state index in [0.717, 1.165) is 46.1 Å². The van der Waals surface area contributed by atoms with Gasteiger partial charge in [0.1, 0.15) is 28.6 Å². The number of ketones is 1. The number of nitrogens with zero attached hydrogens (tertiary/aromatic N) is 1. The van der Waals surface area contributed by atoms with E-state index in [4.69, 9.17) is 23.7 Å². The lowest BCUT2D eigenvalue weighted by Gasteiger charge is -2.72. The summed E-state index contributed by atoms with van der Waals surface area (Å²) in [5.74, 6) is -4.51. The number of benzene rings is 3. The molecular weight excluding hydrogens is 1070 g/mol. The van der Waals surface area contributed by atoms with Gasteiger partial charge in [-0.3, -0.25) is 9.59 Å². The maximum absolute atomic E-state index is 15.2. The number of ether oxygens (including phenoxy) is 5. The van der Waals surface area contributed by atoms with E-state index in [1.165, 1.54) is 0 Å². The lowest BCUT2D eigenvalue weighted by Crippen LogP contribution is -2.80. The second-order valence-electron chi connectivity index (χ2n) is 24.9. The van der Waals surface area contributed by atoms with Crippen LogP contribution in [0.1, 0.15) is 110 Å². The molecule has 10 atom stereocenters. The van der Waals surface area contributed by atoms with Crippen molar-refractivity contribution in [2.24, 2.45) is 34.5 Å². The van der Waals surface area contributed by atoms with Crippen LogP contribution in [0, 0.1) is 34.5 Å². The summed E-state index contributed by atoms with van der Waals surface area (Å²) < 4.78 is 32.6. The quantitative estimate of drug-likeness (QED) is 0.0243. The molecule has 84 heavy (non-hydrogen) atoms. The highest BCUT2D eigenvalue weighted by molar-refractivity contribution is 6.11. The molecule has 1 aromatic heterocycles. The Morgan fingerprint density at radius 2 is 1.80 bits per heavy atom. The molecule has 8 N–H and O–H groups in total. The molecule has 10 unspecified atom stereocenters. The first kappa shape index (κ1) is 58.4. The van der Waals surface area contributed by atoms with E-state index in [9.17, 15) is 45.0 Å². The number of piperidine rings is 1. The minimum Gasteiger partial charge on any atom is -0.492 e. The summed E-state index contributed by atoms with van der Waals surface area (Å²) in [6.45, 7) is 2.41. The molecule has 1 saturated heterocycles. The summed E-state index contributed by atoms with van der Waals surface area (Å²) in [6, 6.07) is 13.9. The van der Waals surface area contributed by atoms with Crippen molar-refractivity contribution in [3.63, 3.8) is 0 Å². The van der Waals surface area contributed by atoms with E-state index in [1.807, 2.05) is 54.7 Å². The van der Waals surface area contributed by atoms with Gasteiger partial charge in [-0.2, -0.15) is 0 Å². The van der Waals surface area contributed by atoms with Crippen molar-refractivity contribution in [3.05, 3.63) is 128 Å². The molecule has 17 heteroatoms. The molecule has 448 valence electrons. The van der Waals surface area contributed by atoms with Crippen molar-refractivity contribution in [1.29, 1.82) is 0 Å². The average Bonchev–Trinajstić information content (AvgIpc) is 1.59. The number of carbonyl (C=O) groups excluding carboxylic acids is 3. The van der Waals surface area contributed by atoms with Crippen LogP contribution < -0.4 is 14.2 Å². The van der Waals surface area contributed by atoms with Crippen LogP contribution in [0.25, 0.3) is 16.5 Å². The lowest BCUT2D eigenvalue weighted by atomic mass is 9.35. The van der Waals surface area contributed by atoms with Gasteiger partial charge in [-0.25, -0.2) is 4.79 Å². The van der Waals surface area contributed by atoms with Crippen LogP contribution in [0.15, 0.2) is 89.4 Å².